The highest BCUT2D eigenvalue weighted by Crippen LogP contribution is 2.42. The van der Waals surface area contributed by atoms with Gasteiger partial charge < -0.3 is 8.83 Å². The van der Waals surface area contributed by atoms with Crippen LogP contribution in [0.5, 0.6) is 0 Å². The number of benzene rings is 7. The van der Waals surface area contributed by atoms with Crippen LogP contribution in [0.15, 0.2) is 160 Å². The highest BCUT2D eigenvalue weighted by atomic mass is 16.3. The molecule has 0 unspecified atom stereocenters. The van der Waals surface area contributed by atoms with Gasteiger partial charge in [-0.1, -0.05) is 109 Å². The van der Waals surface area contributed by atoms with Crippen molar-refractivity contribution in [1.82, 2.24) is 0 Å². The van der Waals surface area contributed by atoms with Gasteiger partial charge in [-0.3, -0.25) is 0 Å². The molecule has 9 rings (SSSR count). The van der Waals surface area contributed by atoms with Gasteiger partial charge >= 0.3 is 0 Å². The molecular formula is C43H25NO2. The minimum atomic E-state index is 0.655. The lowest BCUT2D eigenvalue weighted by Crippen LogP contribution is -1.89. The van der Waals surface area contributed by atoms with E-state index in [2.05, 4.69) is 97.1 Å². The summed E-state index contributed by atoms with van der Waals surface area (Å²) in [5.74, 6) is 0. The standard InChI is InChI=1S/C43H25NO2/c44-26-29-10-1-2-13-33(29)28-12-7-11-27(22-28)30-23-31(34-16-8-18-38-36-14-3-5-20-40(36)45-42(34)38)25-32(24-30)35-17-9-19-39-37-15-4-6-21-41(37)46-43(35)39/h1-25H. The molecule has 0 aliphatic heterocycles. The number of hydrogen-bond acceptors (Lipinski definition) is 3. The summed E-state index contributed by atoms with van der Waals surface area (Å²) < 4.78 is 13.0. The molecule has 2 aromatic heterocycles. The summed E-state index contributed by atoms with van der Waals surface area (Å²) in [5, 5.41) is 14.2. The lowest BCUT2D eigenvalue weighted by Gasteiger charge is -2.13. The maximum absolute atomic E-state index is 9.80. The van der Waals surface area contributed by atoms with Crippen molar-refractivity contribution in [2.24, 2.45) is 0 Å². The molecule has 0 amide bonds. The SMILES string of the molecule is N#Cc1ccccc1-c1cccc(-c2cc(-c3cccc4c3oc3ccccc34)cc(-c3cccc4c3oc3ccccc34)c2)c1. The van der Waals surface area contributed by atoms with E-state index in [9.17, 15) is 5.26 Å². The number of nitriles is 1. The van der Waals surface area contributed by atoms with Crippen LogP contribution in [-0.4, -0.2) is 0 Å². The predicted molar refractivity (Wildman–Crippen MR) is 187 cm³/mol. The number of nitrogens with zero attached hydrogens (tertiary/aromatic N) is 1. The lowest BCUT2D eigenvalue weighted by atomic mass is 9.90. The molecule has 3 heteroatoms. The van der Waals surface area contributed by atoms with E-state index in [4.69, 9.17) is 8.83 Å². The summed E-state index contributed by atoms with van der Waals surface area (Å²) in [6.07, 6.45) is 0. The Morgan fingerprint density at radius 3 is 1.46 bits per heavy atom. The van der Waals surface area contributed by atoms with Gasteiger partial charge in [-0.05, 0) is 75.8 Å². The molecule has 0 N–H and O–H groups in total. The molecule has 0 fully saturated rings. The van der Waals surface area contributed by atoms with Gasteiger partial charge in [0.25, 0.3) is 0 Å². The van der Waals surface area contributed by atoms with Gasteiger partial charge in [0.05, 0.1) is 11.6 Å². The summed E-state index contributed by atoms with van der Waals surface area (Å²) in [5.41, 5.74) is 12.3. The quantitative estimate of drug-likeness (QED) is 0.206. The molecular weight excluding hydrogens is 562 g/mol. The Balaban J connectivity index is 1.31. The first-order chi connectivity index (χ1) is 22.7. The van der Waals surface area contributed by atoms with Crippen LogP contribution >= 0.6 is 0 Å². The highest BCUT2D eigenvalue weighted by Gasteiger charge is 2.17. The van der Waals surface area contributed by atoms with Crippen molar-refractivity contribution in [2.45, 2.75) is 0 Å². The van der Waals surface area contributed by atoms with Crippen LogP contribution < -0.4 is 0 Å². The molecule has 0 radical (unpaired) electrons. The maximum atomic E-state index is 9.80. The molecule has 214 valence electrons. The molecule has 3 nitrogen and oxygen atoms in total. The third kappa shape index (κ3) is 4.13. The first kappa shape index (κ1) is 26.1. The Labute approximate surface area is 265 Å². The molecule has 0 saturated carbocycles. The average Bonchev–Trinajstić information content (AvgIpc) is 3.70. The third-order valence-corrected chi connectivity index (χ3v) is 8.92. The van der Waals surface area contributed by atoms with Gasteiger partial charge in [-0.15, -0.1) is 0 Å². The van der Waals surface area contributed by atoms with Gasteiger partial charge in [0, 0.05) is 32.7 Å². The monoisotopic (exact) mass is 587 g/mol. The third-order valence-electron chi connectivity index (χ3n) is 8.92. The van der Waals surface area contributed by atoms with Crippen LogP contribution in [0.25, 0.3) is 88.4 Å². The first-order valence-electron chi connectivity index (χ1n) is 15.3. The first-order valence-corrected chi connectivity index (χ1v) is 15.3. The molecule has 0 aliphatic carbocycles. The molecule has 2 heterocycles. The summed E-state index contributed by atoms with van der Waals surface area (Å²) >= 11 is 0. The molecule has 0 bridgehead atoms. The summed E-state index contributed by atoms with van der Waals surface area (Å²) in [6, 6.07) is 54.3. The number of fused-ring (bicyclic) bond motifs is 6. The maximum Gasteiger partial charge on any atom is 0.143 e. The normalized spacial score (nSPS) is 11.5. The molecule has 0 saturated heterocycles. The van der Waals surface area contributed by atoms with Crippen molar-refractivity contribution in [3.63, 3.8) is 0 Å². The zero-order valence-electron chi connectivity index (χ0n) is 24.7. The number of hydrogen-bond donors (Lipinski definition) is 0. The number of para-hydroxylation sites is 4. The second kappa shape index (κ2) is 10.4. The summed E-state index contributed by atoms with van der Waals surface area (Å²) in [7, 11) is 0. The molecule has 0 spiro atoms. The minimum Gasteiger partial charge on any atom is -0.455 e. The second-order valence-corrected chi connectivity index (χ2v) is 11.6. The highest BCUT2D eigenvalue weighted by molar-refractivity contribution is 6.11. The van der Waals surface area contributed by atoms with Crippen molar-refractivity contribution in [3.8, 4) is 50.6 Å². The van der Waals surface area contributed by atoms with Crippen molar-refractivity contribution in [3.05, 3.63) is 157 Å². The van der Waals surface area contributed by atoms with E-state index in [1.54, 1.807) is 0 Å². The van der Waals surface area contributed by atoms with Crippen LogP contribution in [0.4, 0.5) is 0 Å². The molecule has 46 heavy (non-hydrogen) atoms. The summed E-state index contributed by atoms with van der Waals surface area (Å²) in [4.78, 5) is 0. The van der Waals surface area contributed by atoms with E-state index in [1.807, 2.05) is 60.7 Å². The smallest absolute Gasteiger partial charge is 0.143 e. The van der Waals surface area contributed by atoms with E-state index in [0.717, 1.165) is 88.4 Å². The van der Waals surface area contributed by atoms with E-state index in [1.165, 1.54) is 0 Å². The van der Waals surface area contributed by atoms with Gasteiger partial charge in [-0.2, -0.15) is 5.26 Å². The molecule has 0 aliphatic rings. The fourth-order valence-electron chi connectivity index (χ4n) is 6.75. The second-order valence-electron chi connectivity index (χ2n) is 11.6. The zero-order chi connectivity index (χ0) is 30.6. The fourth-order valence-corrected chi connectivity index (χ4v) is 6.75. The lowest BCUT2D eigenvalue weighted by molar-refractivity contribution is 0.670. The average molecular weight is 588 g/mol. The van der Waals surface area contributed by atoms with E-state index in [0.29, 0.717) is 5.56 Å². The molecule has 9 aromatic rings. The molecule has 7 aromatic carbocycles. The van der Waals surface area contributed by atoms with Crippen molar-refractivity contribution < 1.29 is 8.83 Å². The van der Waals surface area contributed by atoms with Crippen LogP contribution in [0.1, 0.15) is 5.56 Å². The zero-order valence-corrected chi connectivity index (χ0v) is 24.7. The Morgan fingerprint density at radius 1 is 0.370 bits per heavy atom. The number of rotatable bonds is 4. The Morgan fingerprint density at radius 2 is 0.826 bits per heavy atom. The Bertz CT molecular complexity index is 2530. The minimum absolute atomic E-state index is 0.655. The van der Waals surface area contributed by atoms with Gasteiger partial charge in [0.15, 0.2) is 0 Å². The topological polar surface area (TPSA) is 50.1 Å². The Hall–Kier alpha value is -6.37. The predicted octanol–water partition coefficient (Wildman–Crippen LogP) is 12.0. The largest absolute Gasteiger partial charge is 0.455 e. The van der Waals surface area contributed by atoms with Crippen molar-refractivity contribution in [2.75, 3.05) is 0 Å². The number of furan rings is 2. The van der Waals surface area contributed by atoms with Crippen LogP contribution in [0.3, 0.4) is 0 Å². The summed E-state index contributed by atoms with van der Waals surface area (Å²) in [6.45, 7) is 0. The van der Waals surface area contributed by atoms with Crippen LogP contribution in [0.2, 0.25) is 0 Å². The van der Waals surface area contributed by atoms with Gasteiger partial charge in [-0.25, -0.2) is 0 Å². The Kier molecular flexibility index (Phi) is 5.88. The van der Waals surface area contributed by atoms with Gasteiger partial charge in [0.1, 0.15) is 22.3 Å². The van der Waals surface area contributed by atoms with E-state index >= 15 is 0 Å². The fraction of sp³-hybridized carbons (Fsp3) is 0. The van der Waals surface area contributed by atoms with E-state index in [-0.39, 0.29) is 0 Å². The van der Waals surface area contributed by atoms with Crippen LogP contribution in [0, 0.1) is 11.3 Å². The van der Waals surface area contributed by atoms with Crippen LogP contribution in [-0.2, 0) is 0 Å². The van der Waals surface area contributed by atoms with E-state index < -0.39 is 0 Å². The van der Waals surface area contributed by atoms with Crippen molar-refractivity contribution >= 4 is 43.9 Å². The van der Waals surface area contributed by atoms with Crippen molar-refractivity contribution in [1.29, 1.82) is 5.26 Å². The van der Waals surface area contributed by atoms with Gasteiger partial charge in [0.2, 0.25) is 0 Å². The molecule has 0 atom stereocenters.